The topological polar surface area (TPSA) is 47.3 Å². The molecule has 3 unspecified atom stereocenters. The largest absolute Gasteiger partial charge is 0.381 e. The van der Waals surface area contributed by atoms with Crippen molar-refractivity contribution in [2.75, 3.05) is 13.2 Å². The monoisotopic (exact) mass is 226 g/mol. The second kappa shape index (κ2) is 5.99. The van der Waals surface area contributed by atoms with E-state index in [1.807, 2.05) is 0 Å². The Morgan fingerprint density at radius 1 is 1.19 bits per heavy atom. The summed E-state index contributed by atoms with van der Waals surface area (Å²) in [7, 11) is 0. The van der Waals surface area contributed by atoms with Gasteiger partial charge in [0.15, 0.2) is 0 Å². The van der Waals surface area contributed by atoms with Crippen LogP contribution < -0.4 is 11.3 Å². The van der Waals surface area contributed by atoms with Gasteiger partial charge in [-0.2, -0.15) is 0 Å². The van der Waals surface area contributed by atoms with Crippen molar-refractivity contribution in [2.24, 2.45) is 23.6 Å². The van der Waals surface area contributed by atoms with Crippen LogP contribution in [0.15, 0.2) is 0 Å². The Bertz CT molecular complexity index is 204. The molecule has 2 aliphatic rings. The molecule has 3 atom stereocenters. The van der Waals surface area contributed by atoms with Crippen LogP contribution in [0, 0.1) is 17.8 Å². The molecule has 0 bridgehead atoms. The van der Waals surface area contributed by atoms with Crippen molar-refractivity contribution in [1.82, 2.24) is 5.43 Å². The fraction of sp³-hybridized carbons (Fsp3) is 1.00. The molecule has 2 rings (SSSR count). The number of hydrazine groups is 1. The van der Waals surface area contributed by atoms with Gasteiger partial charge in [-0.15, -0.1) is 0 Å². The minimum absolute atomic E-state index is 0.528. The van der Waals surface area contributed by atoms with E-state index in [2.05, 4.69) is 12.3 Å². The third-order valence-corrected chi connectivity index (χ3v) is 4.63. The summed E-state index contributed by atoms with van der Waals surface area (Å²) in [4.78, 5) is 0. The normalized spacial score (nSPS) is 34.1. The molecule has 2 fully saturated rings. The van der Waals surface area contributed by atoms with E-state index in [9.17, 15) is 0 Å². The van der Waals surface area contributed by atoms with Gasteiger partial charge < -0.3 is 4.74 Å². The molecule has 0 aromatic carbocycles. The zero-order chi connectivity index (χ0) is 11.4. The van der Waals surface area contributed by atoms with Crippen LogP contribution in [0.4, 0.5) is 0 Å². The predicted molar refractivity (Wildman–Crippen MR) is 65.8 cm³/mol. The van der Waals surface area contributed by atoms with E-state index in [-0.39, 0.29) is 0 Å². The molecule has 3 heteroatoms. The molecule has 3 nitrogen and oxygen atoms in total. The summed E-state index contributed by atoms with van der Waals surface area (Å²) in [6.07, 6.45) is 7.85. The molecule has 94 valence electrons. The summed E-state index contributed by atoms with van der Waals surface area (Å²) >= 11 is 0. The van der Waals surface area contributed by atoms with E-state index in [1.165, 1.54) is 38.5 Å². The van der Waals surface area contributed by atoms with Crippen molar-refractivity contribution in [3.63, 3.8) is 0 Å². The van der Waals surface area contributed by atoms with Gasteiger partial charge in [0.05, 0.1) is 0 Å². The minimum Gasteiger partial charge on any atom is -0.381 e. The fourth-order valence-corrected chi connectivity index (χ4v) is 3.54. The molecule has 0 aromatic rings. The second-order valence-corrected chi connectivity index (χ2v) is 5.49. The quantitative estimate of drug-likeness (QED) is 0.570. The molecule has 1 saturated heterocycles. The second-order valence-electron chi connectivity index (χ2n) is 5.49. The van der Waals surface area contributed by atoms with Crippen LogP contribution in [-0.2, 0) is 4.74 Å². The molecule has 16 heavy (non-hydrogen) atoms. The van der Waals surface area contributed by atoms with Gasteiger partial charge in [0.2, 0.25) is 0 Å². The first-order valence-corrected chi connectivity index (χ1v) is 6.89. The molecule has 1 saturated carbocycles. The van der Waals surface area contributed by atoms with Gasteiger partial charge in [0.25, 0.3) is 0 Å². The Morgan fingerprint density at radius 3 is 2.50 bits per heavy atom. The SMILES string of the molecule is CCC1CCC(C(NN)C2CCOCC2)C1. The maximum absolute atomic E-state index is 5.78. The fourth-order valence-electron chi connectivity index (χ4n) is 3.54. The molecular weight excluding hydrogens is 200 g/mol. The van der Waals surface area contributed by atoms with Gasteiger partial charge in [-0.3, -0.25) is 11.3 Å². The van der Waals surface area contributed by atoms with Crippen molar-refractivity contribution >= 4 is 0 Å². The van der Waals surface area contributed by atoms with Crippen LogP contribution in [0.25, 0.3) is 0 Å². The first-order chi connectivity index (χ1) is 7.85. The number of ether oxygens (including phenoxy) is 1. The summed E-state index contributed by atoms with van der Waals surface area (Å²) in [5.74, 6) is 8.26. The maximum Gasteiger partial charge on any atom is 0.0469 e. The van der Waals surface area contributed by atoms with Gasteiger partial charge in [-0.05, 0) is 43.4 Å². The predicted octanol–water partition coefficient (Wildman–Crippen LogP) is 2.07. The highest BCUT2D eigenvalue weighted by Crippen LogP contribution is 2.38. The summed E-state index contributed by atoms with van der Waals surface area (Å²) in [5.41, 5.74) is 3.10. The minimum atomic E-state index is 0.528. The zero-order valence-electron chi connectivity index (χ0n) is 10.5. The van der Waals surface area contributed by atoms with E-state index in [4.69, 9.17) is 10.6 Å². The number of hydrogen-bond donors (Lipinski definition) is 2. The lowest BCUT2D eigenvalue weighted by Gasteiger charge is -2.33. The third kappa shape index (κ3) is 2.76. The van der Waals surface area contributed by atoms with Gasteiger partial charge in [-0.1, -0.05) is 19.8 Å². The van der Waals surface area contributed by atoms with E-state index in [0.29, 0.717) is 6.04 Å². The average Bonchev–Trinajstić information content (AvgIpc) is 2.80. The highest BCUT2D eigenvalue weighted by Gasteiger charge is 2.34. The Morgan fingerprint density at radius 2 is 1.94 bits per heavy atom. The average molecular weight is 226 g/mol. The van der Waals surface area contributed by atoms with E-state index in [1.54, 1.807) is 0 Å². The van der Waals surface area contributed by atoms with E-state index >= 15 is 0 Å². The van der Waals surface area contributed by atoms with Crippen molar-refractivity contribution in [3.8, 4) is 0 Å². The summed E-state index contributed by atoms with van der Waals surface area (Å²) in [6, 6.07) is 0.528. The molecule has 0 radical (unpaired) electrons. The van der Waals surface area contributed by atoms with Gasteiger partial charge >= 0.3 is 0 Å². The van der Waals surface area contributed by atoms with Crippen LogP contribution in [0.1, 0.15) is 45.4 Å². The smallest absolute Gasteiger partial charge is 0.0469 e. The van der Waals surface area contributed by atoms with Gasteiger partial charge in [0.1, 0.15) is 0 Å². The Balaban J connectivity index is 1.88. The van der Waals surface area contributed by atoms with Crippen LogP contribution in [0.2, 0.25) is 0 Å². The first-order valence-electron chi connectivity index (χ1n) is 6.89. The van der Waals surface area contributed by atoms with E-state index < -0.39 is 0 Å². The zero-order valence-corrected chi connectivity index (χ0v) is 10.5. The highest BCUT2D eigenvalue weighted by molar-refractivity contribution is 4.88. The van der Waals surface area contributed by atoms with Crippen LogP contribution in [0.3, 0.4) is 0 Å². The highest BCUT2D eigenvalue weighted by atomic mass is 16.5. The van der Waals surface area contributed by atoms with Crippen molar-refractivity contribution in [1.29, 1.82) is 0 Å². The standard InChI is InChI=1S/C13H26N2O/c1-2-10-3-4-12(9-10)13(15-14)11-5-7-16-8-6-11/h10-13,15H,2-9,14H2,1H3. The van der Waals surface area contributed by atoms with Gasteiger partial charge in [-0.25, -0.2) is 0 Å². The number of nitrogens with two attached hydrogens (primary N) is 1. The molecule has 1 aliphatic carbocycles. The van der Waals surface area contributed by atoms with Crippen LogP contribution >= 0.6 is 0 Å². The lowest BCUT2D eigenvalue weighted by atomic mass is 9.82. The summed E-state index contributed by atoms with van der Waals surface area (Å²) < 4.78 is 5.43. The molecule has 1 heterocycles. The Labute approximate surface area is 99.1 Å². The van der Waals surface area contributed by atoms with Crippen LogP contribution in [-0.4, -0.2) is 19.3 Å². The summed E-state index contributed by atoms with van der Waals surface area (Å²) in [5, 5.41) is 0. The van der Waals surface area contributed by atoms with E-state index in [0.717, 1.165) is 31.0 Å². The van der Waals surface area contributed by atoms with Crippen molar-refractivity contribution in [2.45, 2.75) is 51.5 Å². The number of hydrogen-bond acceptors (Lipinski definition) is 3. The maximum atomic E-state index is 5.78. The molecule has 0 amide bonds. The summed E-state index contributed by atoms with van der Waals surface area (Å²) in [6.45, 7) is 4.16. The van der Waals surface area contributed by atoms with Gasteiger partial charge in [0, 0.05) is 19.3 Å². The molecule has 3 N–H and O–H groups in total. The van der Waals surface area contributed by atoms with Crippen LogP contribution in [0.5, 0.6) is 0 Å². The molecule has 1 aliphatic heterocycles. The van der Waals surface area contributed by atoms with Crippen molar-refractivity contribution in [3.05, 3.63) is 0 Å². The first kappa shape index (κ1) is 12.3. The number of nitrogens with one attached hydrogen (secondary N) is 1. The Hall–Kier alpha value is -0.120. The molecular formula is C13H26N2O. The third-order valence-electron chi connectivity index (χ3n) is 4.63. The Kier molecular flexibility index (Phi) is 4.62. The molecule has 0 aromatic heterocycles. The van der Waals surface area contributed by atoms with Crippen molar-refractivity contribution < 1.29 is 4.74 Å². The molecule has 0 spiro atoms. The lowest BCUT2D eigenvalue weighted by Crippen LogP contribution is -2.47. The lowest BCUT2D eigenvalue weighted by molar-refractivity contribution is 0.0445. The number of rotatable bonds is 4.